The van der Waals surface area contributed by atoms with Crippen LogP contribution in [0.25, 0.3) is 10.2 Å². The van der Waals surface area contributed by atoms with Crippen molar-refractivity contribution in [3.63, 3.8) is 0 Å². The van der Waals surface area contributed by atoms with Gasteiger partial charge in [-0.05, 0) is 36.6 Å². The lowest BCUT2D eigenvalue weighted by Crippen LogP contribution is -2.33. The minimum atomic E-state index is -0.130. The smallest absolute Gasteiger partial charge is 0.267 e. The van der Waals surface area contributed by atoms with E-state index in [0.29, 0.717) is 18.0 Å². The second-order valence-electron chi connectivity index (χ2n) is 4.71. The van der Waals surface area contributed by atoms with Crippen LogP contribution >= 0.6 is 11.3 Å². The lowest BCUT2D eigenvalue weighted by molar-refractivity contribution is 0.0928. The highest BCUT2D eigenvalue weighted by Gasteiger charge is 2.12. The number of ether oxygens (including phenoxy) is 1. The van der Waals surface area contributed by atoms with Gasteiger partial charge in [0.25, 0.3) is 5.91 Å². The van der Waals surface area contributed by atoms with Gasteiger partial charge in [0.15, 0.2) is 0 Å². The highest BCUT2D eigenvalue weighted by atomic mass is 32.1. The predicted molar refractivity (Wildman–Crippen MR) is 82.8 cm³/mol. The SMILES string of the molecule is C[C@@H](CNC(=O)c1cc2sccc2[nH]1)Oc1cccnc1. The first-order valence-corrected chi connectivity index (χ1v) is 7.51. The van der Waals surface area contributed by atoms with Gasteiger partial charge in [-0.3, -0.25) is 9.78 Å². The van der Waals surface area contributed by atoms with Crippen molar-refractivity contribution in [2.75, 3.05) is 6.54 Å². The predicted octanol–water partition coefficient (Wildman–Crippen LogP) is 2.82. The van der Waals surface area contributed by atoms with Crippen LogP contribution in [0.4, 0.5) is 0 Å². The Hall–Kier alpha value is -2.34. The molecule has 0 bridgehead atoms. The summed E-state index contributed by atoms with van der Waals surface area (Å²) in [5, 5.41) is 4.85. The summed E-state index contributed by atoms with van der Waals surface area (Å²) in [5.74, 6) is 0.569. The average Bonchev–Trinajstić information content (AvgIpc) is 3.07. The molecule has 0 radical (unpaired) electrons. The maximum atomic E-state index is 12.1. The van der Waals surface area contributed by atoms with Crippen molar-refractivity contribution in [2.24, 2.45) is 0 Å². The average molecular weight is 301 g/mol. The van der Waals surface area contributed by atoms with E-state index in [1.807, 2.05) is 36.6 Å². The summed E-state index contributed by atoms with van der Waals surface area (Å²) >= 11 is 1.61. The summed E-state index contributed by atoms with van der Waals surface area (Å²) < 4.78 is 6.74. The van der Waals surface area contributed by atoms with E-state index in [1.54, 1.807) is 23.7 Å². The fourth-order valence-corrected chi connectivity index (χ4v) is 2.78. The number of aromatic nitrogens is 2. The van der Waals surface area contributed by atoms with Crippen molar-refractivity contribution < 1.29 is 9.53 Å². The van der Waals surface area contributed by atoms with E-state index in [1.165, 1.54) is 0 Å². The number of H-pyrrole nitrogens is 1. The van der Waals surface area contributed by atoms with Crippen LogP contribution in [0.2, 0.25) is 0 Å². The Morgan fingerprint density at radius 3 is 3.19 bits per heavy atom. The normalized spacial score (nSPS) is 12.2. The van der Waals surface area contributed by atoms with Gasteiger partial charge in [-0.15, -0.1) is 11.3 Å². The molecular formula is C15H15N3O2S. The molecule has 3 aromatic heterocycles. The lowest BCUT2D eigenvalue weighted by Gasteiger charge is -2.14. The number of aromatic amines is 1. The fourth-order valence-electron chi connectivity index (χ4n) is 1.99. The van der Waals surface area contributed by atoms with Gasteiger partial charge in [0.1, 0.15) is 17.5 Å². The molecule has 2 N–H and O–H groups in total. The Labute approximate surface area is 126 Å². The first kappa shape index (κ1) is 13.6. The maximum Gasteiger partial charge on any atom is 0.267 e. The number of nitrogens with one attached hydrogen (secondary N) is 2. The zero-order chi connectivity index (χ0) is 14.7. The van der Waals surface area contributed by atoms with E-state index in [4.69, 9.17) is 4.74 Å². The van der Waals surface area contributed by atoms with E-state index in [0.717, 1.165) is 10.2 Å². The first-order chi connectivity index (χ1) is 10.2. The number of pyridine rings is 1. The highest BCUT2D eigenvalue weighted by Crippen LogP contribution is 2.21. The number of fused-ring (bicyclic) bond motifs is 1. The molecule has 3 aromatic rings. The Kier molecular flexibility index (Phi) is 3.87. The van der Waals surface area contributed by atoms with Crippen molar-refractivity contribution in [3.8, 4) is 5.75 Å². The molecule has 0 saturated heterocycles. The van der Waals surface area contributed by atoms with Gasteiger partial charge in [-0.1, -0.05) is 0 Å². The second kappa shape index (κ2) is 5.97. The molecule has 1 amide bonds. The van der Waals surface area contributed by atoms with E-state index >= 15 is 0 Å². The third-order valence-corrected chi connectivity index (χ3v) is 3.87. The number of rotatable bonds is 5. The summed E-state index contributed by atoms with van der Waals surface area (Å²) in [6.07, 6.45) is 3.21. The molecule has 0 aliphatic rings. The van der Waals surface area contributed by atoms with Gasteiger partial charge >= 0.3 is 0 Å². The van der Waals surface area contributed by atoms with Crippen LogP contribution in [0.3, 0.4) is 0 Å². The van der Waals surface area contributed by atoms with Crippen molar-refractivity contribution >= 4 is 27.5 Å². The molecule has 0 unspecified atom stereocenters. The van der Waals surface area contributed by atoms with E-state index in [9.17, 15) is 4.79 Å². The largest absolute Gasteiger partial charge is 0.487 e. The number of nitrogens with zero attached hydrogens (tertiary/aromatic N) is 1. The molecule has 108 valence electrons. The monoisotopic (exact) mass is 301 g/mol. The molecule has 0 spiro atoms. The molecule has 0 fully saturated rings. The van der Waals surface area contributed by atoms with Crippen LogP contribution in [0, 0.1) is 0 Å². The molecule has 21 heavy (non-hydrogen) atoms. The van der Waals surface area contributed by atoms with Crippen LogP contribution in [-0.2, 0) is 0 Å². The Morgan fingerprint density at radius 2 is 2.43 bits per heavy atom. The molecule has 0 aliphatic carbocycles. The third-order valence-electron chi connectivity index (χ3n) is 3.01. The molecule has 3 rings (SSSR count). The highest BCUT2D eigenvalue weighted by molar-refractivity contribution is 7.17. The van der Waals surface area contributed by atoms with Gasteiger partial charge in [-0.25, -0.2) is 0 Å². The Bertz CT molecular complexity index is 707. The number of hydrogen-bond acceptors (Lipinski definition) is 4. The van der Waals surface area contributed by atoms with Crippen molar-refractivity contribution in [3.05, 3.63) is 47.7 Å². The lowest BCUT2D eigenvalue weighted by atomic mass is 10.3. The van der Waals surface area contributed by atoms with Crippen molar-refractivity contribution in [2.45, 2.75) is 13.0 Å². The molecule has 0 aromatic carbocycles. The van der Waals surface area contributed by atoms with Gasteiger partial charge in [0, 0.05) is 6.20 Å². The number of carbonyl (C=O) groups excluding carboxylic acids is 1. The second-order valence-corrected chi connectivity index (χ2v) is 5.66. The zero-order valence-electron chi connectivity index (χ0n) is 11.5. The minimum absolute atomic E-state index is 0.125. The van der Waals surface area contributed by atoms with Crippen LogP contribution in [0.5, 0.6) is 5.75 Å². The zero-order valence-corrected chi connectivity index (χ0v) is 12.3. The van der Waals surface area contributed by atoms with Gasteiger partial charge < -0.3 is 15.0 Å². The Morgan fingerprint density at radius 1 is 1.52 bits per heavy atom. The molecule has 1 atom stereocenters. The van der Waals surface area contributed by atoms with Crippen molar-refractivity contribution in [1.29, 1.82) is 0 Å². The summed E-state index contributed by atoms with van der Waals surface area (Å²) in [6.45, 7) is 2.33. The topological polar surface area (TPSA) is 67.0 Å². The van der Waals surface area contributed by atoms with Gasteiger partial charge in [0.05, 0.1) is 23.0 Å². The fraction of sp³-hybridized carbons (Fsp3) is 0.200. The van der Waals surface area contributed by atoms with Crippen LogP contribution in [-0.4, -0.2) is 28.5 Å². The summed E-state index contributed by atoms with van der Waals surface area (Å²) in [6, 6.07) is 7.48. The van der Waals surface area contributed by atoms with E-state index < -0.39 is 0 Å². The maximum absolute atomic E-state index is 12.1. The minimum Gasteiger partial charge on any atom is -0.487 e. The van der Waals surface area contributed by atoms with Crippen LogP contribution in [0.15, 0.2) is 42.0 Å². The van der Waals surface area contributed by atoms with Gasteiger partial charge in [-0.2, -0.15) is 0 Å². The molecule has 3 heterocycles. The van der Waals surface area contributed by atoms with E-state index in [2.05, 4.69) is 15.3 Å². The van der Waals surface area contributed by atoms with Crippen LogP contribution < -0.4 is 10.1 Å². The summed E-state index contributed by atoms with van der Waals surface area (Å²) in [5.41, 5.74) is 1.57. The number of carbonyl (C=O) groups is 1. The Balaban J connectivity index is 1.54. The summed E-state index contributed by atoms with van der Waals surface area (Å²) in [4.78, 5) is 19.1. The number of amides is 1. The number of hydrogen-bond donors (Lipinski definition) is 2. The molecular weight excluding hydrogens is 286 g/mol. The van der Waals surface area contributed by atoms with Crippen molar-refractivity contribution in [1.82, 2.24) is 15.3 Å². The quantitative estimate of drug-likeness (QED) is 0.761. The molecule has 0 aliphatic heterocycles. The van der Waals surface area contributed by atoms with Gasteiger partial charge in [0.2, 0.25) is 0 Å². The first-order valence-electron chi connectivity index (χ1n) is 6.63. The van der Waals surface area contributed by atoms with E-state index in [-0.39, 0.29) is 12.0 Å². The molecule has 5 nitrogen and oxygen atoms in total. The molecule has 0 saturated carbocycles. The molecule has 6 heteroatoms. The van der Waals surface area contributed by atoms with Crippen LogP contribution in [0.1, 0.15) is 17.4 Å². The standard InChI is InChI=1S/C15H15N3O2S/c1-10(20-11-3-2-5-16-9-11)8-17-15(19)13-7-14-12(18-13)4-6-21-14/h2-7,9-10,18H,8H2,1H3,(H,17,19)/t10-/m0/s1. The third kappa shape index (κ3) is 3.22. The summed E-state index contributed by atoms with van der Waals surface area (Å²) in [7, 11) is 0. The number of thiophene rings is 1.